The topological polar surface area (TPSA) is 130 Å². The Labute approximate surface area is 227 Å². The first-order valence-electron chi connectivity index (χ1n) is 13.4. The van der Waals surface area contributed by atoms with Crippen LogP contribution in [0.3, 0.4) is 0 Å². The van der Waals surface area contributed by atoms with Gasteiger partial charge in [-0.25, -0.2) is 15.0 Å². The third-order valence-electron chi connectivity index (χ3n) is 7.65. The lowest BCUT2D eigenvalue weighted by atomic mass is 9.92. The van der Waals surface area contributed by atoms with E-state index in [1.54, 1.807) is 24.3 Å². The first kappa shape index (κ1) is 26.4. The van der Waals surface area contributed by atoms with Crippen molar-refractivity contribution < 1.29 is 19.4 Å². The van der Waals surface area contributed by atoms with Crippen LogP contribution < -0.4 is 20.3 Å². The molecule has 3 aromatic rings. The fourth-order valence-electron chi connectivity index (χ4n) is 5.34. The summed E-state index contributed by atoms with van der Waals surface area (Å²) < 4.78 is 5.12. The molecule has 0 radical (unpaired) electrons. The molecule has 0 bridgehead atoms. The van der Waals surface area contributed by atoms with E-state index < -0.39 is 17.7 Å². The van der Waals surface area contributed by atoms with Crippen molar-refractivity contribution in [2.75, 3.05) is 48.8 Å². The van der Waals surface area contributed by atoms with Gasteiger partial charge in [-0.15, -0.1) is 0 Å². The monoisotopic (exact) mass is 530 g/mol. The molecule has 2 aromatic heterocycles. The highest BCUT2D eigenvalue weighted by Crippen LogP contribution is 2.33. The number of carboxylic acids is 1. The second-order valence-corrected chi connectivity index (χ2v) is 10.1. The quantitative estimate of drug-likeness (QED) is 0.276. The van der Waals surface area contributed by atoms with Crippen LogP contribution in [0.1, 0.15) is 52.4 Å². The molecule has 2 aliphatic heterocycles. The average molecular weight is 531 g/mol. The maximum Gasteiger partial charge on any atom is 0.316 e. The number of aromatic nitrogens is 3. The molecule has 1 aromatic carbocycles. The Bertz CT molecular complexity index is 1340. The number of fused-ring (bicyclic) bond motifs is 1. The molecule has 204 valence electrons. The molecular weight excluding hydrogens is 496 g/mol. The summed E-state index contributed by atoms with van der Waals surface area (Å²) in [4.78, 5) is 40.9. The van der Waals surface area contributed by atoms with E-state index in [1.165, 1.54) is 19.0 Å². The van der Waals surface area contributed by atoms with Crippen molar-refractivity contribution in [3.8, 4) is 5.75 Å². The van der Waals surface area contributed by atoms with E-state index in [4.69, 9.17) is 9.72 Å². The second-order valence-electron chi connectivity index (χ2n) is 10.1. The highest BCUT2D eigenvalue weighted by Gasteiger charge is 2.29. The summed E-state index contributed by atoms with van der Waals surface area (Å²) in [7, 11) is 1.53. The molecule has 1 unspecified atom stereocenters. The minimum atomic E-state index is -1.26. The Hall–Kier alpha value is -4.21. The Kier molecular flexibility index (Phi) is 7.90. The largest absolute Gasteiger partial charge is 0.497 e. The number of carbonyl (C=O) groups excluding carboxylic acids is 1. The number of Topliss-reactive ketones (excluding diaryl/α,β-unsaturated/α-hetero) is 1. The molecular formula is C29H34N6O4. The SMILES string of the molecule is COc1ccc(C(=O)C(CNc2ncnc(N3CCC(c4ccc5c(n4)NCCC5)CC3)c2C)C(=O)O)cc1. The normalized spacial score (nSPS) is 16.1. The van der Waals surface area contributed by atoms with Crippen LogP contribution in [0.2, 0.25) is 0 Å². The first-order chi connectivity index (χ1) is 18.9. The summed E-state index contributed by atoms with van der Waals surface area (Å²) >= 11 is 0. The number of aryl methyl sites for hydroxylation is 1. The molecule has 0 saturated carbocycles. The molecule has 4 heterocycles. The molecule has 2 aliphatic rings. The van der Waals surface area contributed by atoms with E-state index in [0.717, 1.165) is 68.2 Å². The van der Waals surface area contributed by atoms with E-state index in [2.05, 4.69) is 37.6 Å². The molecule has 1 atom stereocenters. The maximum absolute atomic E-state index is 12.9. The van der Waals surface area contributed by atoms with Gasteiger partial charge in [0.05, 0.1) is 7.11 Å². The third-order valence-corrected chi connectivity index (χ3v) is 7.65. The van der Waals surface area contributed by atoms with Gasteiger partial charge in [0.1, 0.15) is 35.4 Å². The number of methoxy groups -OCH3 is 1. The number of nitrogens with one attached hydrogen (secondary N) is 2. The number of pyridine rings is 1. The summed E-state index contributed by atoms with van der Waals surface area (Å²) in [5.41, 5.74) is 3.59. The summed E-state index contributed by atoms with van der Waals surface area (Å²) in [6, 6.07) is 10.8. The minimum Gasteiger partial charge on any atom is -0.497 e. The van der Waals surface area contributed by atoms with Gasteiger partial charge in [0.15, 0.2) is 5.78 Å². The molecule has 10 nitrogen and oxygen atoms in total. The zero-order chi connectivity index (χ0) is 27.4. The van der Waals surface area contributed by atoms with Gasteiger partial charge in [-0.2, -0.15) is 0 Å². The van der Waals surface area contributed by atoms with E-state index in [-0.39, 0.29) is 6.54 Å². The van der Waals surface area contributed by atoms with Crippen molar-refractivity contribution >= 4 is 29.2 Å². The molecule has 10 heteroatoms. The zero-order valence-corrected chi connectivity index (χ0v) is 22.3. The predicted octanol–water partition coefficient (Wildman–Crippen LogP) is 3.93. The van der Waals surface area contributed by atoms with Crippen LogP contribution in [-0.2, 0) is 11.2 Å². The van der Waals surface area contributed by atoms with Crippen molar-refractivity contribution in [1.82, 2.24) is 15.0 Å². The summed E-state index contributed by atoms with van der Waals surface area (Å²) in [5.74, 6) is 0.453. The van der Waals surface area contributed by atoms with Crippen molar-refractivity contribution in [3.63, 3.8) is 0 Å². The van der Waals surface area contributed by atoms with Crippen LogP contribution in [0.4, 0.5) is 17.5 Å². The van der Waals surface area contributed by atoms with Gasteiger partial charge >= 0.3 is 5.97 Å². The van der Waals surface area contributed by atoms with Gasteiger partial charge in [0.2, 0.25) is 0 Å². The number of nitrogens with zero attached hydrogens (tertiary/aromatic N) is 4. The number of ether oxygens (including phenoxy) is 1. The first-order valence-corrected chi connectivity index (χ1v) is 13.4. The zero-order valence-electron chi connectivity index (χ0n) is 22.3. The molecule has 0 spiro atoms. The van der Waals surface area contributed by atoms with Crippen LogP contribution in [0, 0.1) is 12.8 Å². The number of piperidine rings is 1. The Morgan fingerprint density at radius 3 is 2.64 bits per heavy atom. The average Bonchev–Trinajstić information content (AvgIpc) is 2.97. The maximum atomic E-state index is 12.9. The highest BCUT2D eigenvalue weighted by atomic mass is 16.5. The van der Waals surface area contributed by atoms with Crippen molar-refractivity contribution in [2.24, 2.45) is 5.92 Å². The van der Waals surface area contributed by atoms with Gasteiger partial charge < -0.3 is 25.4 Å². The predicted molar refractivity (Wildman–Crippen MR) is 149 cm³/mol. The number of rotatable bonds is 9. The number of benzene rings is 1. The van der Waals surface area contributed by atoms with Crippen LogP contribution in [-0.4, -0.2) is 65.1 Å². The molecule has 1 fully saturated rings. The van der Waals surface area contributed by atoms with E-state index in [9.17, 15) is 14.7 Å². The number of carbonyl (C=O) groups is 2. The van der Waals surface area contributed by atoms with Crippen LogP contribution in [0.25, 0.3) is 0 Å². The smallest absolute Gasteiger partial charge is 0.316 e. The number of hydrogen-bond donors (Lipinski definition) is 3. The fraction of sp³-hybridized carbons (Fsp3) is 0.414. The lowest BCUT2D eigenvalue weighted by molar-refractivity contribution is -0.139. The third kappa shape index (κ3) is 5.79. The number of aliphatic carboxylic acids is 1. The molecule has 39 heavy (non-hydrogen) atoms. The Morgan fingerprint density at radius 2 is 1.92 bits per heavy atom. The van der Waals surface area contributed by atoms with Crippen molar-refractivity contribution in [3.05, 3.63) is 65.1 Å². The van der Waals surface area contributed by atoms with E-state index in [1.807, 2.05) is 6.92 Å². The van der Waals surface area contributed by atoms with Gasteiger partial charge in [-0.3, -0.25) is 9.59 Å². The summed E-state index contributed by atoms with van der Waals surface area (Å²) in [6.07, 6.45) is 5.65. The molecule has 0 aliphatic carbocycles. The molecule has 0 amide bonds. The Morgan fingerprint density at radius 1 is 1.15 bits per heavy atom. The minimum absolute atomic E-state index is 0.0857. The molecule has 5 rings (SSSR count). The van der Waals surface area contributed by atoms with E-state index >= 15 is 0 Å². The lowest BCUT2D eigenvalue weighted by Crippen LogP contribution is -2.35. The number of carboxylic acid groups (broad SMARTS) is 1. The van der Waals surface area contributed by atoms with Crippen molar-refractivity contribution in [1.29, 1.82) is 0 Å². The van der Waals surface area contributed by atoms with Crippen LogP contribution in [0.5, 0.6) is 5.75 Å². The van der Waals surface area contributed by atoms with Crippen LogP contribution in [0.15, 0.2) is 42.7 Å². The summed E-state index contributed by atoms with van der Waals surface area (Å²) in [5, 5.41) is 16.3. The Balaban J connectivity index is 1.23. The second kappa shape index (κ2) is 11.7. The van der Waals surface area contributed by atoms with Crippen LogP contribution >= 0.6 is 0 Å². The fourth-order valence-corrected chi connectivity index (χ4v) is 5.34. The standard InChI is InChI=1S/C29H34N6O4/c1-18-26(31-16-23(29(37)38)25(36)20-5-8-22(39-2)9-6-20)32-17-33-28(18)35-14-11-19(12-15-35)24-10-7-21-4-3-13-30-27(21)34-24/h5-10,17,19,23H,3-4,11-16H2,1-2H3,(H,30,34)(H,37,38)(H,31,32,33). The van der Waals surface area contributed by atoms with Gasteiger partial charge in [0, 0.05) is 48.9 Å². The number of anilines is 3. The highest BCUT2D eigenvalue weighted by molar-refractivity contribution is 6.08. The molecule has 3 N–H and O–H groups in total. The van der Waals surface area contributed by atoms with Gasteiger partial charge in [0.25, 0.3) is 0 Å². The van der Waals surface area contributed by atoms with Crippen molar-refractivity contribution in [2.45, 2.75) is 38.5 Å². The lowest BCUT2D eigenvalue weighted by Gasteiger charge is -2.34. The van der Waals surface area contributed by atoms with E-state index in [0.29, 0.717) is 23.0 Å². The number of hydrogen-bond acceptors (Lipinski definition) is 9. The summed E-state index contributed by atoms with van der Waals surface area (Å²) in [6.45, 7) is 4.48. The molecule has 1 saturated heterocycles. The van der Waals surface area contributed by atoms with Gasteiger partial charge in [-0.05, 0) is 68.5 Å². The van der Waals surface area contributed by atoms with Gasteiger partial charge in [-0.1, -0.05) is 6.07 Å². The number of ketones is 1.